The van der Waals surface area contributed by atoms with Crippen LogP contribution in [0.25, 0.3) is 0 Å². The fourth-order valence-corrected chi connectivity index (χ4v) is 5.22. The zero-order valence-electron chi connectivity index (χ0n) is 13.3. The van der Waals surface area contributed by atoms with Crippen LogP contribution in [0.3, 0.4) is 0 Å². The first-order chi connectivity index (χ1) is 11.3. The Kier molecular flexibility index (Phi) is 6.39. The van der Waals surface area contributed by atoms with E-state index in [-0.39, 0.29) is 0 Å². The van der Waals surface area contributed by atoms with Gasteiger partial charge in [0, 0.05) is 15.6 Å². The van der Waals surface area contributed by atoms with E-state index in [0.29, 0.717) is 5.25 Å². The van der Waals surface area contributed by atoms with E-state index >= 15 is 0 Å². The zero-order chi connectivity index (χ0) is 16.1. The minimum atomic E-state index is 0.331. The average Bonchev–Trinajstić information content (AvgIpc) is 2.83. The molecule has 1 aliphatic heterocycles. The van der Waals surface area contributed by atoms with Crippen LogP contribution in [0.2, 0.25) is 0 Å². The number of fused-ring (bicyclic) bond motifs is 1. The molecule has 122 valence electrons. The Bertz CT molecular complexity index is 647. The van der Waals surface area contributed by atoms with E-state index in [1.807, 2.05) is 11.8 Å². The van der Waals surface area contributed by atoms with Gasteiger partial charge < -0.3 is 10.1 Å². The van der Waals surface area contributed by atoms with Crippen LogP contribution in [0.5, 0.6) is 0 Å². The lowest BCUT2D eigenvalue weighted by atomic mass is 10.0. The molecule has 4 heteroatoms. The van der Waals surface area contributed by atoms with Crippen molar-refractivity contribution in [2.45, 2.75) is 23.0 Å². The second kappa shape index (κ2) is 8.51. The maximum Gasteiger partial charge on any atom is 0.0625 e. The molecule has 2 nitrogen and oxygen atoms in total. The van der Waals surface area contributed by atoms with Gasteiger partial charge >= 0.3 is 0 Å². The summed E-state index contributed by atoms with van der Waals surface area (Å²) in [5.41, 5.74) is 4.37. The lowest BCUT2D eigenvalue weighted by Crippen LogP contribution is -2.16. The fourth-order valence-electron chi connectivity index (χ4n) is 3.00. The van der Waals surface area contributed by atoms with Crippen molar-refractivity contribution in [3.05, 3.63) is 62.7 Å². The molecule has 1 unspecified atom stereocenters. The van der Waals surface area contributed by atoms with Gasteiger partial charge in [-0.25, -0.2) is 0 Å². The van der Waals surface area contributed by atoms with Crippen molar-refractivity contribution in [2.75, 3.05) is 26.8 Å². The fraction of sp³-hybridized carbons (Fsp3) is 0.368. The average molecular weight is 439 g/mol. The molecule has 1 heterocycles. The molecule has 1 atom stereocenters. The summed E-state index contributed by atoms with van der Waals surface area (Å²) < 4.78 is 6.86. The molecule has 1 aliphatic rings. The van der Waals surface area contributed by atoms with Crippen molar-refractivity contribution < 1.29 is 4.74 Å². The largest absolute Gasteiger partial charge is 0.383 e. The summed E-state index contributed by atoms with van der Waals surface area (Å²) in [6, 6.07) is 15.3. The van der Waals surface area contributed by atoms with Crippen molar-refractivity contribution in [3.8, 4) is 0 Å². The van der Waals surface area contributed by atoms with E-state index in [2.05, 4.69) is 70.4 Å². The van der Waals surface area contributed by atoms with Crippen LogP contribution in [-0.4, -0.2) is 26.8 Å². The molecule has 0 saturated carbocycles. The van der Waals surface area contributed by atoms with Gasteiger partial charge in [-0.15, -0.1) is 11.8 Å². The van der Waals surface area contributed by atoms with Crippen LogP contribution in [0.1, 0.15) is 21.9 Å². The number of thioether (sulfide) groups is 1. The topological polar surface area (TPSA) is 21.3 Å². The standard InChI is InChI=1S/C19H22INOS/c1-22-13-18(15-5-3-2-4-6-15)23-19-16-10-12-21-11-9-14(16)7-8-17(19)20/h2-8,18,21H,9-13H2,1H3. The van der Waals surface area contributed by atoms with Crippen LogP contribution >= 0.6 is 34.4 Å². The Hall–Kier alpha value is -0.560. The number of hydrogen-bond acceptors (Lipinski definition) is 3. The first-order valence-electron chi connectivity index (χ1n) is 8.01. The van der Waals surface area contributed by atoms with Crippen LogP contribution in [0.15, 0.2) is 47.4 Å². The Morgan fingerprint density at radius 3 is 2.70 bits per heavy atom. The molecule has 0 bridgehead atoms. The summed E-state index contributed by atoms with van der Waals surface area (Å²) in [5.74, 6) is 0. The number of benzene rings is 2. The van der Waals surface area contributed by atoms with Crippen molar-refractivity contribution in [1.82, 2.24) is 5.32 Å². The molecule has 0 aliphatic carbocycles. The van der Waals surface area contributed by atoms with Crippen LogP contribution in [-0.2, 0) is 17.6 Å². The first kappa shape index (κ1) is 17.3. The molecule has 0 radical (unpaired) electrons. The second-order valence-electron chi connectivity index (χ2n) is 5.74. The summed E-state index contributed by atoms with van der Waals surface area (Å²) >= 11 is 4.43. The molecule has 23 heavy (non-hydrogen) atoms. The number of nitrogens with one attached hydrogen (secondary N) is 1. The minimum Gasteiger partial charge on any atom is -0.383 e. The summed E-state index contributed by atoms with van der Waals surface area (Å²) in [6.07, 6.45) is 2.24. The Morgan fingerprint density at radius 1 is 1.13 bits per heavy atom. The van der Waals surface area contributed by atoms with E-state index < -0.39 is 0 Å². The van der Waals surface area contributed by atoms with E-state index in [0.717, 1.165) is 32.5 Å². The quantitative estimate of drug-likeness (QED) is 0.549. The highest BCUT2D eigenvalue weighted by Crippen LogP contribution is 2.41. The highest BCUT2D eigenvalue weighted by Gasteiger charge is 2.20. The van der Waals surface area contributed by atoms with E-state index in [1.54, 1.807) is 7.11 Å². The van der Waals surface area contributed by atoms with E-state index in [4.69, 9.17) is 4.74 Å². The van der Waals surface area contributed by atoms with Crippen LogP contribution in [0.4, 0.5) is 0 Å². The molecular weight excluding hydrogens is 417 g/mol. The lowest BCUT2D eigenvalue weighted by Gasteiger charge is -2.20. The summed E-state index contributed by atoms with van der Waals surface area (Å²) in [5, 5.41) is 3.85. The summed E-state index contributed by atoms with van der Waals surface area (Å²) in [4.78, 5) is 1.44. The number of ether oxygens (including phenoxy) is 1. The number of rotatable bonds is 5. The highest BCUT2D eigenvalue weighted by atomic mass is 127. The minimum absolute atomic E-state index is 0.331. The van der Waals surface area contributed by atoms with Crippen molar-refractivity contribution in [3.63, 3.8) is 0 Å². The molecule has 0 fully saturated rings. The van der Waals surface area contributed by atoms with Gasteiger partial charge in [0.2, 0.25) is 0 Å². The summed E-state index contributed by atoms with van der Waals surface area (Å²) in [7, 11) is 1.79. The number of halogens is 1. The van der Waals surface area contributed by atoms with Crippen LogP contribution < -0.4 is 5.32 Å². The number of hydrogen-bond donors (Lipinski definition) is 1. The third kappa shape index (κ3) is 4.29. The molecule has 2 aromatic rings. The normalized spacial score (nSPS) is 15.7. The first-order valence-corrected chi connectivity index (χ1v) is 9.97. The molecular formula is C19H22INOS. The smallest absolute Gasteiger partial charge is 0.0625 e. The van der Waals surface area contributed by atoms with Gasteiger partial charge in [-0.3, -0.25) is 0 Å². The highest BCUT2D eigenvalue weighted by molar-refractivity contribution is 14.1. The third-order valence-electron chi connectivity index (χ3n) is 4.18. The third-order valence-corrected chi connectivity index (χ3v) is 6.84. The predicted molar refractivity (Wildman–Crippen MR) is 106 cm³/mol. The van der Waals surface area contributed by atoms with E-state index in [9.17, 15) is 0 Å². The Balaban J connectivity index is 1.94. The maximum absolute atomic E-state index is 5.50. The Morgan fingerprint density at radius 2 is 1.91 bits per heavy atom. The molecule has 3 rings (SSSR count). The SMILES string of the molecule is COCC(Sc1c(I)ccc2c1CCNCC2)c1ccccc1. The molecule has 0 spiro atoms. The predicted octanol–water partition coefficient (Wildman–Crippen LogP) is 4.46. The molecule has 2 aromatic carbocycles. The summed E-state index contributed by atoms with van der Waals surface area (Å²) in [6.45, 7) is 2.88. The van der Waals surface area contributed by atoms with Gasteiger partial charge in [-0.05, 0) is 71.3 Å². The van der Waals surface area contributed by atoms with Gasteiger partial charge in [-0.1, -0.05) is 36.4 Å². The zero-order valence-corrected chi connectivity index (χ0v) is 16.3. The maximum atomic E-state index is 5.50. The van der Waals surface area contributed by atoms with E-state index in [1.165, 1.54) is 25.2 Å². The monoisotopic (exact) mass is 439 g/mol. The Labute approximate surface area is 156 Å². The lowest BCUT2D eigenvalue weighted by molar-refractivity contribution is 0.200. The van der Waals surface area contributed by atoms with Crippen molar-refractivity contribution in [2.24, 2.45) is 0 Å². The van der Waals surface area contributed by atoms with Gasteiger partial charge in [-0.2, -0.15) is 0 Å². The molecule has 1 N–H and O–H groups in total. The van der Waals surface area contributed by atoms with Gasteiger partial charge in [0.25, 0.3) is 0 Å². The van der Waals surface area contributed by atoms with Crippen molar-refractivity contribution in [1.29, 1.82) is 0 Å². The second-order valence-corrected chi connectivity index (χ2v) is 8.11. The van der Waals surface area contributed by atoms with Gasteiger partial charge in [0.05, 0.1) is 11.9 Å². The van der Waals surface area contributed by atoms with Crippen LogP contribution in [0, 0.1) is 3.57 Å². The van der Waals surface area contributed by atoms with Gasteiger partial charge in [0.15, 0.2) is 0 Å². The number of methoxy groups -OCH3 is 1. The molecule has 0 saturated heterocycles. The molecule has 0 aromatic heterocycles. The molecule has 0 amide bonds. The van der Waals surface area contributed by atoms with Gasteiger partial charge in [0.1, 0.15) is 0 Å². The van der Waals surface area contributed by atoms with Crippen molar-refractivity contribution >= 4 is 34.4 Å².